The zero-order valence-corrected chi connectivity index (χ0v) is 4.84. The number of ether oxygens (including phenoxy) is 1. The van der Waals surface area contributed by atoms with Crippen molar-refractivity contribution in [3.8, 4) is 0 Å². The summed E-state index contributed by atoms with van der Waals surface area (Å²) in [5.74, 6) is -2.47. The molecule has 5 heteroatoms. The van der Waals surface area contributed by atoms with Crippen LogP contribution in [-0.4, -0.2) is 18.9 Å². The van der Waals surface area contributed by atoms with Crippen LogP contribution in [0.5, 0.6) is 0 Å². The number of aldehydes is 1. The molecule has 0 aromatic carbocycles. The van der Waals surface area contributed by atoms with Crippen molar-refractivity contribution in [2.75, 3.05) is 6.61 Å². The van der Waals surface area contributed by atoms with Crippen LogP contribution in [0.4, 0.5) is 8.78 Å². The van der Waals surface area contributed by atoms with Gasteiger partial charge in [0.2, 0.25) is 6.29 Å². The maximum atomic E-state index is 11.7. The maximum Gasteiger partial charge on any atom is 0.371 e. The van der Waals surface area contributed by atoms with E-state index in [9.17, 15) is 18.4 Å². The average Bonchev–Trinajstić information content (AvgIpc) is 1.99. The van der Waals surface area contributed by atoms with Crippen LogP contribution in [0.15, 0.2) is 12.2 Å². The fourth-order valence-electron chi connectivity index (χ4n) is 0.206. The Labute approximate surface area is 55.3 Å². The zero-order chi connectivity index (χ0) is 7.98. The summed E-state index contributed by atoms with van der Waals surface area (Å²) in [5, 5.41) is 0. The molecule has 3 nitrogen and oxygen atoms in total. The van der Waals surface area contributed by atoms with Crippen molar-refractivity contribution in [2.24, 2.45) is 0 Å². The van der Waals surface area contributed by atoms with Gasteiger partial charge in [-0.15, -0.1) is 0 Å². The van der Waals surface area contributed by atoms with E-state index < -0.39 is 18.4 Å². The van der Waals surface area contributed by atoms with Gasteiger partial charge in [0.1, 0.15) is 12.9 Å². The quantitative estimate of drug-likeness (QED) is 0.334. The standard InChI is InChI=1S/C5H4F2O3/c6-1-4(7)3-10-5(9)2-8/h1-2H,3H2/b4-1+. The summed E-state index contributed by atoms with van der Waals surface area (Å²) in [6.07, 6.45) is -0.483. The molecule has 0 atom stereocenters. The topological polar surface area (TPSA) is 43.4 Å². The van der Waals surface area contributed by atoms with E-state index in [4.69, 9.17) is 0 Å². The molecule has 10 heavy (non-hydrogen) atoms. The second kappa shape index (κ2) is 4.60. The lowest BCUT2D eigenvalue weighted by Gasteiger charge is -1.94. The molecule has 0 rings (SSSR count). The van der Waals surface area contributed by atoms with E-state index in [0.29, 0.717) is 0 Å². The molecule has 0 N–H and O–H groups in total. The number of hydrogen-bond acceptors (Lipinski definition) is 3. The van der Waals surface area contributed by atoms with Crippen molar-refractivity contribution in [1.82, 2.24) is 0 Å². The number of halogens is 2. The van der Waals surface area contributed by atoms with Crippen LogP contribution in [0.3, 0.4) is 0 Å². The predicted octanol–water partition coefficient (Wildman–Crippen LogP) is 0.509. The molecule has 0 bridgehead atoms. The van der Waals surface area contributed by atoms with E-state index in [1.807, 2.05) is 0 Å². The fourth-order valence-corrected chi connectivity index (χ4v) is 0.206. The second-order valence-electron chi connectivity index (χ2n) is 1.28. The molecular weight excluding hydrogens is 146 g/mol. The molecule has 0 aliphatic rings. The van der Waals surface area contributed by atoms with Gasteiger partial charge in [-0.1, -0.05) is 0 Å². The predicted molar refractivity (Wildman–Crippen MR) is 27.3 cm³/mol. The SMILES string of the molecule is O=CC(=O)OC/C(F)=C\F. The van der Waals surface area contributed by atoms with Crippen LogP contribution in [-0.2, 0) is 14.3 Å². The monoisotopic (exact) mass is 150 g/mol. The van der Waals surface area contributed by atoms with Crippen LogP contribution in [0.2, 0.25) is 0 Å². The highest BCUT2D eigenvalue weighted by Crippen LogP contribution is 1.96. The van der Waals surface area contributed by atoms with Gasteiger partial charge in [-0.25, -0.2) is 13.6 Å². The molecule has 0 spiro atoms. The van der Waals surface area contributed by atoms with Crippen molar-refractivity contribution in [1.29, 1.82) is 0 Å². The first-order chi connectivity index (χ1) is 4.70. The average molecular weight is 150 g/mol. The Bertz CT molecular complexity index is 162. The van der Waals surface area contributed by atoms with Gasteiger partial charge in [0.05, 0.1) is 0 Å². The van der Waals surface area contributed by atoms with Gasteiger partial charge >= 0.3 is 5.97 Å². The number of esters is 1. The van der Waals surface area contributed by atoms with Crippen LogP contribution >= 0.6 is 0 Å². The van der Waals surface area contributed by atoms with Gasteiger partial charge in [0.15, 0.2) is 5.83 Å². The number of carbonyl (C=O) groups is 2. The zero-order valence-electron chi connectivity index (χ0n) is 4.84. The maximum absolute atomic E-state index is 11.7. The molecule has 56 valence electrons. The molecule has 0 aromatic rings. The van der Waals surface area contributed by atoms with E-state index >= 15 is 0 Å². The van der Waals surface area contributed by atoms with Crippen molar-refractivity contribution in [2.45, 2.75) is 0 Å². The van der Waals surface area contributed by atoms with Crippen molar-refractivity contribution < 1.29 is 23.1 Å². The number of rotatable bonds is 3. The summed E-state index contributed by atoms with van der Waals surface area (Å²) < 4.78 is 26.7. The summed E-state index contributed by atoms with van der Waals surface area (Å²) in [6.45, 7) is -0.839. The summed E-state index contributed by atoms with van der Waals surface area (Å²) in [6, 6.07) is 0. The van der Waals surface area contributed by atoms with Gasteiger partial charge in [-0.05, 0) is 0 Å². The molecule has 0 saturated carbocycles. The summed E-state index contributed by atoms with van der Waals surface area (Å²) in [5.41, 5.74) is 0. The number of hydrogen-bond donors (Lipinski definition) is 0. The molecule has 0 aliphatic carbocycles. The van der Waals surface area contributed by atoms with Crippen molar-refractivity contribution in [3.63, 3.8) is 0 Å². The second-order valence-corrected chi connectivity index (χ2v) is 1.28. The van der Waals surface area contributed by atoms with E-state index in [-0.39, 0.29) is 12.6 Å². The van der Waals surface area contributed by atoms with Gasteiger partial charge < -0.3 is 4.74 Å². The lowest BCUT2D eigenvalue weighted by molar-refractivity contribution is -0.148. The first-order valence-electron chi connectivity index (χ1n) is 2.27. The molecule has 0 saturated heterocycles. The van der Waals surface area contributed by atoms with Gasteiger partial charge in [0, 0.05) is 0 Å². The van der Waals surface area contributed by atoms with Crippen LogP contribution in [0, 0.1) is 0 Å². The third kappa shape index (κ3) is 3.71. The summed E-state index contributed by atoms with van der Waals surface area (Å²) in [4.78, 5) is 19.4. The van der Waals surface area contributed by atoms with E-state index in [0.717, 1.165) is 0 Å². The van der Waals surface area contributed by atoms with Crippen LogP contribution in [0.1, 0.15) is 0 Å². The smallest absolute Gasteiger partial charge is 0.371 e. The molecule has 0 unspecified atom stereocenters. The Balaban J connectivity index is 3.55. The minimum atomic E-state index is -1.24. The molecule has 0 aliphatic heterocycles. The van der Waals surface area contributed by atoms with Gasteiger partial charge in [-0.3, -0.25) is 4.79 Å². The molecule has 0 radical (unpaired) electrons. The van der Waals surface area contributed by atoms with E-state index in [1.165, 1.54) is 0 Å². The Morgan fingerprint density at radius 3 is 2.60 bits per heavy atom. The van der Waals surface area contributed by atoms with E-state index in [2.05, 4.69) is 4.74 Å². The first kappa shape index (κ1) is 8.74. The molecule has 0 fully saturated rings. The Morgan fingerprint density at radius 2 is 2.20 bits per heavy atom. The molecule has 0 aromatic heterocycles. The highest BCUT2D eigenvalue weighted by atomic mass is 19.2. The minimum absolute atomic E-state index is 0.133. The number of carbonyl (C=O) groups excluding carboxylic acids is 2. The molecule has 0 amide bonds. The Morgan fingerprint density at radius 1 is 1.60 bits per heavy atom. The summed E-state index contributed by atoms with van der Waals surface area (Å²) >= 11 is 0. The van der Waals surface area contributed by atoms with E-state index in [1.54, 1.807) is 0 Å². The Kier molecular flexibility index (Phi) is 4.02. The minimum Gasteiger partial charge on any atom is -0.453 e. The molecule has 0 heterocycles. The molecular formula is C5H4F2O3. The lowest BCUT2D eigenvalue weighted by Crippen LogP contribution is -2.06. The third-order valence-electron chi connectivity index (χ3n) is 0.567. The lowest BCUT2D eigenvalue weighted by atomic mass is 10.6. The highest BCUT2D eigenvalue weighted by molar-refractivity contribution is 6.20. The third-order valence-corrected chi connectivity index (χ3v) is 0.567. The highest BCUT2D eigenvalue weighted by Gasteiger charge is 2.00. The Hall–Kier alpha value is -1.26. The largest absolute Gasteiger partial charge is 0.453 e. The van der Waals surface area contributed by atoms with Crippen molar-refractivity contribution in [3.05, 3.63) is 12.2 Å². The fraction of sp³-hybridized carbons (Fsp3) is 0.200. The normalized spacial score (nSPS) is 10.8. The van der Waals surface area contributed by atoms with Crippen molar-refractivity contribution >= 4 is 12.3 Å². The summed E-state index contributed by atoms with van der Waals surface area (Å²) in [7, 11) is 0. The van der Waals surface area contributed by atoms with Gasteiger partial charge in [0.25, 0.3) is 0 Å². The van der Waals surface area contributed by atoms with Crippen LogP contribution < -0.4 is 0 Å². The first-order valence-corrected chi connectivity index (χ1v) is 2.27. The van der Waals surface area contributed by atoms with Gasteiger partial charge in [-0.2, -0.15) is 0 Å². The van der Waals surface area contributed by atoms with Crippen LogP contribution in [0.25, 0.3) is 0 Å².